The number of nitrogens with zero attached hydrogens (tertiary/aromatic N) is 1. The highest BCUT2D eigenvalue weighted by Crippen LogP contribution is 2.35. The third-order valence-electron chi connectivity index (χ3n) is 5.18. The Hall–Kier alpha value is -3.41. The Balaban J connectivity index is 1.82. The molecule has 1 heterocycles. The van der Waals surface area contributed by atoms with Crippen molar-refractivity contribution in [2.75, 3.05) is 6.61 Å². The van der Waals surface area contributed by atoms with Crippen LogP contribution in [0.25, 0.3) is 0 Å². The van der Waals surface area contributed by atoms with Gasteiger partial charge in [-0.05, 0) is 38.3 Å². The normalized spacial score (nSPS) is 16.1. The average molecular weight is 436 g/mol. The van der Waals surface area contributed by atoms with Crippen molar-refractivity contribution in [1.29, 1.82) is 0 Å². The Labute approximate surface area is 188 Å². The number of cyclic esters (lactones) is 1. The lowest BCUT2D eigenvalue weighted by molar-refractivity contribution is -0.154. The molecule has 0 bridgehead atoms. The summed E-state index contributed by atoms with van der Waals surface area (Å²) in [7, 11) is 0. The maximum Gasteiger partial charge on any atom is 0.417 e. The van der Waals surface area contributed by atoms with E-state index >= 15 is 0 Å². The van der Waals surface area contributed by atoms with Crippen LogP contribution in [0.15, 0.2) is 72.8 Å². The second kappa shape index (κ2) is 9.81. The van der Waals surface area contributed by atoms with Crippen LogP contribution < -0.4 is 0 Å². The molecule has 1 saturated heterocycles. The topological polar surface area (TPSA) is 72.9 Å². The highest BCUT2D eigenvalue weighted by Gasteiger charge is 2.44. The highest BCUT2D eigenvalue weighted by molar-refractivity contribution is 6.03. The lowest BCUT2D eigenvalue weighted by Gasteiger charge is -2.29. The van der Waals surface area contributed by atoms with Gasteiger partial charge < -0.3 is 9.47 Å². The van der Waals surface area contributed by atoms with E-state index in [0.29, 0.717) is 0 Å². The molecule has 0 radical (unpaired) electrons. The van der Waals surface area contributed by atoms with Crippen LogP contribution in [0.1, 0.15) is 50.7 Å². The van der Waals surface area contributed by atoms with Crippen molar-refractivity contribution in [1.82, 2.24) is 4.90 Å². The second-order valence-corrected chi connectivity index (χ2v) is 8.81. The van der Waals surface area contributed by atoms with Gasteiger partial charge in [-0.1, -0.05) is 67.2 Å². The lowest BCUT2D eigenvalue weighted by atomic mass is 9.84. The number of carbonyl (C=O) groups excluding carboxylic acids is 3. The number of hydrogen-bond acceptors (Lipinski definition) is 5. The Morgan fingerprint density at radius 2 is 1.56 bits per heavy atom. The summed E-state index contributed by atoms with van der Waals surface area (Å²) >= 11 is 0. The highest BCUT2D eigenvalue weighted by atomic mass is 16.6. The first-order valence-corrected chi connectivity index (χ1v) is 10.7. The van der Waals surface area contributed by atoms with Crippen LogP contribution in [0.3, 0.4) is 0 Å². The number of hydrogen-bond donors (Lipinski definition) is 0. The van der Waals surface area contributed by atoms with E-state index < -0.39 is 29.6 Å². The van der Waals surface area contributed by atoms with Crippen molar-refractivity contribution in [2.45, 2.75) is 51.2 Å². The molecule has 0 aliphatic carbocycles. The summed E-state index contributed by atoms with van der Waals surface area (Å²) in [5.41, 5.74) is 1.50. The molecule has 32 heavy (non-hydrogen) atoms. The molecule has 0 aromatic heterocycles. The summed E-state index contributed by atoms with van der Waals surface area (Å²) in [6.45, 7) is 9.26. The van der Waals surface area contributed by atoms with Gasteiger partial charge >= 0.3 is 12.1 Å². The van der Waals surface area contributed by atoms with Crippen molar-refractivity contribution in [3.05, 3.63) is 83.9 Å². The molecule has 0 unspecified atom stereocenters. The molecule has 3 rings (SSSR count). The monoisotopic (exact) mass is 435 g/mol. The molecule has 6 nitrogen and oxygen atoms in total. The summed E-state index contributed by atoms with van der Waals surface area (Å²) in [4.78, 5) is 39.0. The summed E-state index contributed by atoms with van der Waals surface area (Å²) in [5, 5.41) is 0. The maximum atomic E-state index is 13.2. The first kappa shape index (κ1) is 23.3. The largest absolute Gasteiger partial charge is 0.460 e. The first-order valence-electron chi connectivity index (χ1n) is 10.7. The molecular formula is C26H29NO5. The molecule has 2 aromatic rings. The van der Waals surface area contributed by atoms with Crippen molar-refractivity contribution in [3.8, 4) is 0 Å². The zero-order valence-electron chi connectivity index (χ0n) is 18.7. The van der Waals surface area contributed by atoms with Crippen molar-refractivity contribution in [2.24, 2.45) is 0 Å². The van der Waals surface area contributed by atoms with Crippen LogP contribution in [0, 0.1) is 0 Å². The molecule has 0 spiro atoms. The third kappa shape index (κ3) is 5.63. The predicted octanol–water partition coefficient (Wildman–Crippen LogP) is 4.84. The quantitative estimate of drug-likeness (QED) is 0.459. The van der Waals surface area contributed by atoms with Crippen LogP contribution in [-0.2, 0) is 19.1 Å². The number of imide groups is 1. The number of carbonyl (C=O) groups is 3. The van der Waals surface area contributed by atoms with Gasteiger partial charge in [0.15, 0.2) is 0 Å². The van der Waals surface area contributed by atoms with E-state index in [0.717, 1.165) is 16.0 Å². The van der Waals surface area contributed by atoms with Crippen molar-refractivity contribution in [3.63, 3.8) is 0 Å². The van der Waals surface area contributed by atoms with Gasteiger partial charge in [-0.2, -0.15) is 0 Å². The Morgan fingerprint density at radius 3 is 2.06 bits per heavy atom. The third-order valence-corrected chi connectivity index (χ3v) is 5.18. The summed E-state index contributed by atoms with van der Waals surface area (Å²) < 4.78 is 10.6. The van der Waals surface area contributed by atoms with E-state index in [1.165, 1.54) is 0 Å². The molecule has 1 fully saturated rings. The molecule has 168 valence electrons. The molecule has 1 aliphatic rings. The number of rotatable bonds is 7. The van der Waals surface area contributed by atoms with E-state index in [4.69, 9.17) is 9.47 Å². The van der Waals surface area contributed by atoms with Crippen LogP contribution in [0.5, 0.6) is 0 Å². The van der Waals surface area contributed by atoms with E-state index in [-0.39, 0.29) is 30.9 Å². The van der Waals surface area contributed by atoms with E-state index in [2.05, 4.69) is 6.58 Å². The first-order chi connectivity index (χ1) is 15.2. The van der Waals surface area contributed by atoms with E-state index in [9.17, 15) is 14.4 Å². The van der Waals surface area contributed by atoms with E-state index in [1.54, 1.807) is 20.8 Å². The minimum Gasteiger partial charge on any atom is -0.460 e. The van der Waals surface area contributed by atoms with Gasteiger partial charge in [0.25, 0.3) is 5.91 Å². The van der Waals surface area contributed by atoms with Gasteiger partial charge in [-0.15, -0.1) is 0 Å². The second-order valence-electron chi connectivity index (χ2n) is 8.81. The Bertz CT molecular complexity index is 939. The number of esters is 1. The number of amides is 2. The molecule has 2 amide bonds. The predicted molar refractivity (Wildman–Crippen MR) is 121 cm³/mol. The zero-order chi connectivity index (χ0) is 23.3. The van der Waals surface area contributed by atoms with Crippen LogP contribution in [-0.4, -0.2) is 41.1 Å². The Morgan fingerprint density at radius 1 is 1.03 bits per heavy atom. The molecular weight excluding hydrogens is 406 g/mol. The summed E-state index contributed by atoms with van der Waals surface area (Å²) in [5.74, 6) is -1.21. The molecule has 2 aromatic carbocycles. The smallest absolute Gasteiger partial charge is 0.417 e. The number of ether oxygens (including phenoxy) is 2. The molecule has 6 heteroatoms. The average Bonchev–Trinajstić information content (AvgIpc) is 3.13. The minimum absolute atomic E-state index is 0.0101. The van der Waals surface area contributed by atoms with Gasteiger partial charge in [0.05, 0.1) is 6.04 Å². The molecule has 0 saturated carbocycles. The van der Waals surface area contributed by atoms with Gasteiger partial charge in [0.1, 0.15) is 12.2 Å². The maximum absolute atomic E-state index is 13.2. The standard InChI is InChI=1S/C26H29NO5/c1-18(15-16-22(28)32-26(2,3)4)24(29)27-21(17-31-25(27)30)23(19-11-7-5-8-12-19)20-13-9-6-10-14-20/h5-14,21,23H,1,15-17H2,2-4H3/t21-/m1/s1. The molecule has 0 N–H and O–H groups in total. The fraction of sp³-hybridized carbons (Fsp3) is 0.346. The zero-order valence-corrected chi connectivity index (χ0v) is 18.7. The summed E-state index contributed by atoms with van der Waals surface area (Å²) in [6, 6.07) is 18.9. The van der Waals surface area contributed by atoms with Crippen LogP contribution in [0.4, 0.5) is 4.79 Å². The van der Waals surface area contributed by atoms with Crippen molar-refractivity contribution < 1.29 is 23.9 Å². The van der Waals surface area contributed by atoms with Gasteiger partial charge in [-0.3, -0.25) is 9.59 Å². The Kier molecular flexibility index (Phi) is 7.13. The fourth-order valence-electron chi connectivity index (χ4n) is 3.80. The SMILES string of the molecule is C=C(CCC(=O)OC(C)(C)C)C(=O)N1C(=O)OC[C@@H]1C(c1ccccc1)c1ccccc1. The van der Waals surface area contributed by atoms with Gasteiger partial charge in [0, 0.05) is 17.9 Å². The van der Waals surface area contributed by atoms with Gasteiger partial charge in [0.2, 0.25) is 0 Å². The minimum atomic E-state index is -0.699. The van der Waals surface area contributed by atoms with Gasteiger partial charge in [-0.25, -0.2) is 9.69 Å². The van der Waals surface area contributed by atoms with E-state index in [1.807, 2.05) is 60.7 Å². The van der Waals surface area contributed by atoms with Crippen LogP contribution in [0.2, 0.25) is 0 Å². The van der Waals surface area contributed by atoms with Crippen molar-refractivity contribution >= 4 is 18.0 Å². The summed E-state index contributed by atoms with van der Waals surface area (Å²) in [6.07, 6.45) is -0.586. The molecule has 1 atom stereocenters. The fourth-order valence-corrected chi connectivity index (χ4v) is 3.80. The van der Waals surface area contributed by atoms with Crippen LogP contribution >= 0.6 is 0 Å². The molecule has 1 aliphatic heterocycles. The lowest BCUT2D eigenvalue weighted by Crippen LogP contribution is -2.43. The number of benzene rings is 2.